The lowest BCUT2D eigenvalue weighted by Gasteiger charge is -2.13. The molecule has 0 heterocycles. The van der Waals surface area contributed by atoms with Gasteiger partial charge in [-0.25, -0.2) is 0 Å². The van der Waals surface area contributed by atoms with Gasteiger partial charge in [0.25, 0.3) is 0 Å². The Morgan fingerprint density at radius 2 is 1.89 bits per heavy atom. The molecule has 0 aromatic heterocycles. The second-order valence-electron chi connectivity index (χ2n) is 4.62. The fraction of sp³-hybridized carbons (Fsp3) is 0.375. The van der Waals surface area contributed by atoms with E-state index in [0.29, 0.717) is 6.04 Å². The normalized spacial score (nSPS) is 12.8. The molecular weight excluding hydrogens is 238 g/mol. The predicted molar refractivity (Wildman–Crippen MR) is 83.2 cm³/mol. The molecule has 0 fully saturated rings. The number of benzene rings is 2. The van der Waals surface area contributed by atoms with Gasteiger partial charge >= 0.3 is 0 Å². The van der Waals surface area contributed by atoms with Crippen molar-refractivity contribution in [3.05, 3.63) is 48.0 Å². The zero-order valence-corrected chi connectivity index (χ0v) is 12.0. The minimum Gasteiger partial charge on any atom is -0.309 e. The highest BCUT2D eigenvalue weighted by Crippen LogP contribution is 2.15. The molecule has 0 saturated carbocycles. The van der Waals surface area contributed by atoms with Gasteiger partial charge in [-0.1, -0.05) is 43.3 Å². The first-order valence-corrected chi connectivity index (χ1v) is 7.74. The zero-order chi connectivity index (χ0) is 12.8. The molecule has 2 rings (SSSR count). The monoisotopic (exact) mass is 259 g/mol. The lowest BCUT2D eigenvalue weighted by molar-refractivity contribution is 0.596. The average Bonchev–Trinajstić information content (AvgIpc) is 2.42. The van der Waals surface area contributed by atoms with Crippen LogP contribution in [-0.2, 0) is 6.54 Å². The van der Waals surface area contributed by atoms with E-state index >= 15 is 0 Å². The Hall–Kier alpha value is -0.990. The summed E-state index contributed by atoms with van der Waals surface area (Å²) in [5, 5.41) is 6.22. The highest BCUT2D eigenvalue weighted by atomic mass is 32.2. The van der Waals surface area contributed by atoms with Gasteiger partial charge in [-0.3, -0.25) is 0 Å². The third-order valence-electron chi connectivity index (χ3n) is 3.04. The van der Waals surface area contributed by atoms with Crippen LogP contribution in [-0.4, -0.2) is 17.5 Å². The van der Waals surface area contributed by atoms with E-state index in [-0.39, 0.29) is 0 Å². The summed E-state index contributed by atoms with van der Waals surface area (Å²) in [4.78, 5) is 0. The molecule has 1 unspecified atom stereocenters. The van der Waals surface area contributed by atoms with Gasteiger partial charge in [0.15, 0.2) is 0 Å². The molecule has 18 heavy (non-hydrogen) atoms. The van der Waals surface area contributed by atoms with Gasteiger partial charge in [0.05, 0.1) is 0 Å². The van der Waals surface area contributed by atoms with Gasteiger partial charge in [0, 0.05) is 18.3 Å². The Kier molecular flexibility index (Phi) is 5.09. The van der Waals surface area contributed by atoms with Gasteiger partial charge in [0.1, 0.15) is 0 Å². The first-order chi connectivity index (χ1) is 8.79. The highest BCUT2D eigenvalue weighted by Gasteiger charge is 2.01. The third kappa shape index (κ3) is 3.76. The van der Waals surface area contributed by atoms with Crippen molar-refractivity contribution in [3.8, 4) is 0 Å². The molecule has 96 valence electrons. The fourth-order valence-electron chi connectivity index (χ4n) is 1.99. The van der Waals surface area contributed by atoms with Crippen LogP contribution in [0.5, 0.6) is 0 Å². The number of hydrogen-bond acceptors (Lipinski definition) is 2. The van der Waals surface area contributed by atoms with Crippen LogP contribution in [0.25, 0.3) is 10.8 Å². The van der Waals surface area contributed by atoms with Crippen molar-refractivity contribution in [3.63, 3.8) is 0 Å². The summed E-state index contributed by atoms with van der Waals surface area (Å²) in [6, 6.07) is 15.8. The zero-order valence-electron chi connectivity index (χ0n) is 11.1. The molecule has 0 radical (unpaired) electrons. The van der Waals surface area contributed by atoms with Gasteiger partial charge in [0.2, 0.25) is 0 Å². The van der Waals surface area contributed by atoms with Gasteiger partial charge < -0.3 is 5.32 Å². The summed E-state index contributed by atoms with van der Waals surface area (Å²) in [5.74, 6) is 2.38. The predicted octanol–water partition coefficient (Wildman–Crippen LogP) is 4.07. The van der Waals surface area contributed by atoms with Crippen molar-refractivity contribution in [1.29, 1.82) is 0 Å². The maximum Gasteiger partial charge on any atom is 0.0208 e. The molecule has 1 nitrogen and oxygen atoms in total. The molecule has 0 spiro atoms. The summed E-state index contributed by atoms with van der Waals surface area (Å²) >= 11 is 1.99. The Labute approximate surface area is 114 Å². The van der Waals surface area contributed by atoms with Crippen molar-refractivity contribution in [2.24, 2.45) is 0 Å². The summed E-state index contributed by atoms with van der Waals surface area (Å²) in [6.45, 7) is 5.42. The smallest absolute Gasteiger partial charge is 0.0208 e. The largest absolute Gasteiger partial charge is 0.309 e. The summed E-state index contributed by atoms with van der Waals surface area (Å²) in [5.41, 5.74) is 1.36. The van der Waals surface area contributed by atoms with E-state index in [1.165, 1.54) is 27.8 Å². The van der Waals surface area contributed by atoms with Crippen LogP contribution in [0.3, 0.4) is 0 Å². The van der Waals surface area contributed by atoms with Gasteiger partial charge in [-0.2, -0.15) is 11.8 Å². The summed E-state index contributed by atoms with van der Waals surface area (Å²) in [7, 11) is 0. The lowest BCUT2D eigenvalue weighted by Crippen LogP contribution is -2.27. The maximum absolute atomic E-state index is 3.58. The molecule has 0 aliphatic carbocycles. The molecule has 2 aromatic carbocycles. The number of fused-ring (bicyclic) bond motifs is 1. The van der Waals surface area contributed by atoms with E-state index < -0.39 is 0 Å². The van der Waals surface area contributed by atoms with Crippen LogP contribution in [0.2, 0.25) is 0 Å². The Balaban J connectivity index is 1.95. The van der Waals surface area contributed by atoms with Crippen molar-refractivity contribution in [2.45, 2.75) is 26.4 Å². The number of thioether (sulfide) groups is 1. The molecule has 2 heteroatoms. The maximum atomic E-state index is 3.58. The molecular formula is C16H21NS. The Bertz CT molecular complexity index is 495. The number of rotatable bonds is 6. The second kappa shape index (κ2) is 6.81. The minimum atomic E-state index is 0.571. The van der Waals surface area contributed by atoms with E-state index in [9.17, 15) is 0 Å². The highest BCUT2D eigenvalue weighted by molar-refractivity contribution is 7.99. The topological polar surface area (TPSA) is 12.0 Å². The summed E-state index contributed by atoms with van der Waals surface area (Å²) in [6.07, 6.45) is 0. The van der Waals surface area contributed by atoms with E-state index in [0.717, 1.165) is 6.54 Å². The number of nitrogens with one attached hydrogen (secondary N) is 1. The summed E-state index contributed by atoms with van der Waals surface area (Å²) < 4.78 is 0. The van der Waals surface area contributed by atoms with Crippen LogP contribution in [0.4, 0.5) is 0 Å². The lowest BCUT2D eigenvalue weighted by atomic mass is 10.1. The van der Waals surface area contributed by atoms with Crippen molar-refractivity contribution < 1.29 is 0 Å². The Morgan fingerprint density at radius 1 is 1.11 bits per heavy atom. The van der Waals surface area contributed by atoms with Crippen LogP contribution in [0.1, 0.15) is 19.4 Å². The molecule has 0 bridgehead atoms. The van der Waals surface area contributed by atoms with Crippen LogP contribution in [0, 0.1) is 0 Å². The van der Waals surface area contributed by atoms with E-state index in [4.69, 9.17) is 0 Å². The minimum absolute atomic E-state index is 0.571. The molecule has 0 saturated heterocycles. The molecule has 0 aliphatic heterocycles. The van der Waals surface area contributed by atoms with Gasteiger partial charge in [-0.15, -0.1) is 0 Å². The van der Waals surface area contributed by atoms with Crippen molar-refractivity contribution in [1.82, 2.24) is 5.32 Å². The van der Waals surface area contributed by atoms with Crippen molar-refractivity contribution in [2.75, 3.05) is 11.5 Å². The molecule has 1 atom stereocenters. The SMILES string of the molecule is CCSCC(C)NCc1ccc2ccccc2c1. The first kappa shape index (κ1) is 13.4. The quantitative estimate of drug-likeness (QED) is 0.839. The van der Waals surface area contributed by atoms with Crippen LogP contribution >= 0.6 is 11.8 Å². The Morgan fingerprint density at radius 3 is 2.67 bits per heavy atom. The first-order valence-electron chi connectivity index (χ1n) is 6.58. The van der Waals surface area contributed by atoms with Crippen molar-refractivity contribution >= 4 is 22.5 Å². The fourth-order valence-corrected chi connectivity index (χ4v) is 2.70. The second-order valence-corrected chi connectivity index (χ2v) is 5.94. The standard InChI is InChI=1S/C16H21NS/c1-3-18-12-13(2)17-11-14-8-9-15-6-4-5-7-16(15)10-14/h4-10,13,17H,3,11-12H2,1-2H3. The third-order valence-corrected chi connectivity index (χ3v) is 4.18. The molecule has 0 amide bonds. The van der Waals surface area contributed by atoms with Gasteiger partial charge in [-0.05, 0) is 35.1 Å². The van der Waals surface area contributed by atoms with Crippen LogP contribution in [0.15, 0.2) is 42.5 Å². The van der Waals surface area contributed by atoms with Crippen LogP contribution < -0.4 is 5.32 Å². The average molecular weight is 259 g/mol. The molecule has 2 aromatic rings. The molecule has 1 N–H and O–H groups in total. The molecule has 0 aliphatic rings. The van der Waals surface area contributed by atoms with E-state index in [1.807, 2.05) is 11.8 Å². The van der Waals surface area contributed by atoms with E-state index in [2.05, 4.69) is 61.6 Å². The van der Waals surface area contributed by atoms with E-state index in [1.54, 1.807) is 0 Å². The number of hydrogen-bond donors (Lipinski definition) is 1.